The Balaban J connectivity index is 1.73. The second-order valence-electron chi connectivity index (χ2n) is 7.37. The van der Waals surface area contributed by atoms with Crippen molar-refractivity contribution in [2.75, 3.05) is 12.4 Å². The minimum atomic E-state index is -0.725. The molecule has 1 atom stereocenters. The van der Waals surface area contributed by atoms with Gasteiger partial charge in [-0.2, -0.15) is 0 Å². The molecule has 0 fully saturated rings. The van der Waals surface area contributed by atoms with Gasteiger partial charge in [-0.15, -0.1) is 0 Å². The number of benzene rings is 2. The van der Waals surface area contributed by atoms with Crippen molar-refractivity contribution in [2.24, 2.45) is 5.92 Å². The highest BCUT2D eigenvalue weighted by molar-refractivity contribution is 5.93. The van der Waals surface area contributed by atoms with Crippen LogP contribution in [0, 0.1) is 5.92 Å². The maximum Gasteiger partial charge on any atom is 0.344 e. The third kappa shape index (κ3) is 5.05. The molecule has 0 aliphatic rings. The van der Waals surface area contributed by atoms with Gasteiger partial charge in [0, 0.05) is 11.1 Å². The minimum absolute atomic E-state index is 0.210. The Kier molecular flexibility index (Phi) is 6.51. The number of ether oxygens (including phenoxy) is 1. The molecular weight excluding hydrogens is 384 g/mol. The lowest BCUT2D eigenvalue weighted by Crippen LogP contribution is -2.44. The van der Waals surface area contributed by atoms with Crippen molar-refractivity contribution in [3.05, 3.63) is 65.0 Å². The Bertz CT molecular complexity index is 1100. The van der Waals surface area contributed by atoms with Gasteiger partial charge < -0.3 is 19.8 Å². The molecule has 7 nitrogen and oxygen atoms in total. The molecule has 2 aromatic carbocycles. The first-order valence-corrected chi connectivity index (χ1v) is 9.66. The summed E-state index contributed by atoms with van der Waals surface area (Å²) in [5.41, 5.74) is 1.74. The number of anilines is 1. The molecule has 30 heavy (non-hydrogen) atoms. The summed E-state index contributed by atoms with van der Waals surface area (Å²) in [6, 6.07) is 14.7. The molecule has 1 heterocycles. The van der Waals surface area contributed by atoms with Gasteiger partial charge in [-0.1, -0.05) is 44.2 Å². The van der Waals surface area contributed by atoms with Crippen LogP contribution >= 0.6 is 0 Å². The molecule has 0 saturated heterocycles. The third-order valence-corrected chi connectivity index (χ3v) is 4.59. The van der Waals surface area contributed by atoms with Crippen LogP contribution in [0.4, 0.5) is 10.5 Å². The van der Waals surface area contributed by atoms with Gasteiger partial charge in [-0.05, 0) is 42.2 Å². The van der Waals surface area contributed by atoms with Crippen molar-refractivity contribution in [1.29, 1.82) is 0 Å². The van der Waals surface area contributed by atoms with Crippen LogP contribution in [0.25, 0.3) is 22.1 Å². The van der Waals surface area contributed by atoms with Gasteiger partial charge in [0.25, 0.3) is 0 Å². The highest BCUT2D eigenvalue weighted by atomic mass is 16.5. The smallest absolute Gasteiger partial charge is 0.344 e. The molecule has 3 rings (SSSR count). The predicted molar refractivity (Wildman–Crippen MR) is 115 cm³/mol. The van der Waals surface area contributed by atoms with Gasteiger partial charge in [-0.25, -0.2) is 14.4 Å². The van der Waals surface area contributed by atoms with Gasteiger partial charge in [0.15, 0.2) is 0 Å². The summed E-state index contributed by atoms with van der Waals surface area (Å²) in [5, 5.41) is 6.15. The Morgan fingerprint density at radius 1 is 1.07 bits per heavy atom. The van der Waals surface area contributed by atoms with Crippen molar-refractivity contribution in [1.82, 2.24) is 5.32 Å². The molecule has 0 aliphatic carbocycles. The van der Waals surface area contributed by atoms with E-state index < -0.39 is 23.7 Å². The standard InChI is InChI=1S/C23H24N2O5/c1-14(2)12-19(22(27)29-3)25-23(28)24-17-10-8-15(9-11-17)18-13-16-6-4-5-7-20(16)30-21(18)26/h4-11,13-14,19H,12H2,1-3H3,(H2,24,25,28). The summed E-state index contributed by atoms with van der Waals surface area (Å²) in [7, 11) is 1.29. The van der Waals surface area contributed by atoms with E-state index >= 15 is 0 Å². The molecule has 1 unspecified atom stereocenters. The Morgan fingerprint density at radius 3 is 2.43 bits per heavy atom. The summed E-state index contributed by atoms with van der Waals surface area (Å²) in [5.74, 6) is -0.278. The van der Waals surface area contributed by atoms with E-state index in [4.69, 9.17) is 9.15 Å². The number of hydrogen-bond acceptors (Lipinski definition) is 5. The van der Waals surface area contributed by atoms with Crippen molar-refractivity contribution in [3.63, 3.8) is 0 Å². The van der Waals surface area contributed by atoms with E-state index in [1.54, 1.807) is 36.4 Å². The summed E-state index contributed by atoms with van der Waals surface area (Å²) >= 11 is 0. The average Bonchev–Trinajstić information content (AvgIpc) is 2.72. The van der Waals surface area contributed by atoms with Gasteiger partial charge in [0.2, 0.25) is 0 Å². The number of nitrogens with one attached hydrogen (secondary N) is 2. The second kappa shape index (κ2) is 9.26. The first-order chi connectivity index (χ1) is 14.4. The largest absolute Gasteiger partial charge is 0.467 e. The van der Waals surface area contributed by atoms with Crippen LogP contribution in [0.5, 0.6) is 0 Å². The maximum absolute atomic E-state index is 12.3. The summed E-state index contributed by atoms with van der Waals surface area (Å²) < 4.78 is 10.1. The highest BCUT2D eigenvalue weighted by Crippen LogP contribution is 2.22. The maximum atomic E-state index is 12.3. The lowest BCUT2D eigenvalue weighted by molar-refractivity contribution is -0.143. The molecule has 2 amide bonds. The fraction of sp³-hybridized carbons (Fsp3) is 0.261. The predicted octanol–water partition coefficient (Wildman–Crippen LogP) is 4.17. The Morgan fingerprint density at radius 2 is 1.77 bits per heavy atom. The van der Waals surface area contributed by atoms with Crippen LogP contribution in [-0.4, -0.2) is 25.2 Å². The number of hydrogen-bond donors (Lipinski definition) is 2. The van der Waals surface area contributed by atoms with Crippen molar-refractivity contribution < 1.29 is 18.7 Å². The van der Waals surface area contributed by atoms with E-state index in [2.05, 4.69) is 10.6 Å². The van der Waals surface area contributed by atoms with E-state index in [1.165, 1.54) is 7.11 Å². The molecule has 0 bridgehead atoms. The SMILES string of the molecule is COC(=O)C(CC(C)C)NC(=O)Nc1ccc(-c2cc3ccccc3oc2=O)cc1. The molecule has 0 radical (unpaired) electrons. The lowest BCUT2D eigenvalue weighted by Gasteiger charge is -2.18. The van der Waals surface area contributed by atoms with Crippen LogP contribution in [0.15, 0.2) is 63.8 Å². The van der Waals surface area contributed by atoms with Crippen LogP contribution in [0.2, 0.25) is 0 Å². The normalized spacial score (nSPS) is 11.9. The molecule has 156 valence electrons. The van der Waals surface area contributed by atoms with Crippen LogP contribution in [0.3, 0.4) is 0 Å². The number of methoxy groups -OCH3 is 1. The number of amides is 2. The Labute approximate surface area is 174 Å². The topological polar surface area (TPSA) is 97.6 Å². The fourth-order valence-corrected chi connectivity index (χ4v) is 3.15. The number of para-hydroxylation sites is 1. The number of rotatable bonds is 6. The van der Waals surface area contributed by atoms with E-state index in [9.17, 15) is 14.4 Å². The lowest BCUT2D eigenvalue weighted by atomic mass is 10.0. The van der Waals surface area contributed by atoms with Gasteiger partial charge >= 0.3 is 17.6 Å². The zero-order valence-corrected chi connectivity index (χ0v) is 17.1. The van der Waals surface area contributed by atoms with E-state index in [0.717, 1.165) is 5.39 Å². The number of urea groups is 1. The minimum Gasteiger partial charge on any atom is -0.467 e. The molecule has 2 N–H and O–H groups in total. The number of carbonyl (C=O) groups excluding carboxylic acids is 2. The highest BCUT2D eigenvalue weighted by Gasteiger charge is 2.22. The van der Waals surface area contributed by atoms with Gasteiger partial charge in [0.05, 0.1) is 12.7 Å². The van der Waals surface area contributed by atoms with E-state index in [-0.39, 0.29) is 5.92 Å². The second-order valence-corrected chi connectivity index (χ2v) is 7.37. The van der Waals surface area contributed by atoms with Crippen LogP contribution in [-0.2, 0) is 9.53 Å². The molecule has 7 heteroatoms. The quantitative estimate of drug-likeness (QED) is 0.471. The number of fused-ring (bicyclic) bond motifs is 1. The molecular formula is C23H24N2O5. The zero-order chi connectivity index (χ0) is 21.7. The zero-order valence-electron chi connectivity index (χ0n) is 17.1. The van der Waals surface area contributed by atoms with Crippen molar-refractivity contribution in [3.8, 4) is 11.1 Å². The third-order valence-electron chi connectivity index (χ3n) is 4.59. The number of esters is 1. The molecule has 0 aliphatic heterocycles. The fourth-order valence-electron chi connectivity index (χ4n) is 3.15. The van der Waals surface area contributed by atoms with Gasteiger partial charge in [0.1, 0.15) is 11.6 Å². The average molecular weight is 408 g/mol. The van der Waals surface area contributed by atoms with Gasteiger partial charge in [-0.3, -0.25) is 0 Å². The van der Waals surface area contributed by atoms with E-state index in [0.29, 0.717) is 28.8 Å². The first-order valence-electron chi connectivity index (χ1n) is 9.66. The van der Waals surface area contributed by atoms with Crippen molar-refractivity contribution >= 4 is 28.7 Å². The number of carbonyl (C=O) groups is 2. The molecule has 3 aromatic rings. The Hall–Kier alpha value is -3.61. The summed E-state index contributed by atoms with van der Waals surface area (Å²) in [6.45, 7) is 3.91. The summed E-state index contributed by atoms with van der Waals surface area (Å²) in [6.07, 6.45) is 0.469. The molecule has 0 spiro atoms. The first kappa shape index (κ1) is 21.1. The van der Waals surface area contributed by atoms with Crippen molar-refractivity contribution in [2.45, 2.75) is 26.3 Å². The van der Waals surface area contributed by atoms with Crippen LogP contribution < -0.4 is 16.3 Å². The summed E-state index contributed by atoms with van der Waals surface area (Å²) in [4.78, 5) is 36.5. The van der Waals surface area contributed by atoms with Crippen LogP contribution in [0.1, 0.15) is 20.3 Å². The van der Waals surface area contributed by atoms with E-state index in [1.807, 2.05) is 32.0 Å². The molecule has 1 aromatic heterocycles. The monoisotopic (exact) mass is 408 g/mol. The molecule has 0 saturated carbocycles.